The fourth-order valence-electron chi connectivity index (χ4n) is 3.16. The minimum Gasteiger partial charge on any atom is -0.0853 e. The van der Waals surface area contributed by atoms with E-state index in [1.165, 1.54) is 18.4 Å². The molecule has 112 valence electrons. The number of rotatable bonds is 6. The summed E-state index contributed by atoms with van der Waals surface area (Å²) >= 11 is 0. The summed E-state index contributed by atoms with van der Waals surface area (Å²) in [4.78, 5) is 0. The van der Waals surface area contributed by atoms with Crippen LogP contribution in [0.1, 0.15) is 39.2 Å². The summed E-state index contributed by atoms with van der Waals surface area (Å²) in [6, 6.07) is 10.9. The van der Waals surface area contributed by atoms with Gasteiger partial charge in [0.05, 0.1) is 0 Å². The van der Waals surface area contributed by atoms with Gasteiger partial charge in [-0.05, 0) is 43.1 Å². The lowest BCUT2D eigenvalue weighted by atomic mass is 9.74. The van der Waals surface area contributed by atoms with E-state index in [0.29, 0.717) is 17.8 Å². The SMILES string of the molecule is CCCC=C(C)C(C)C1C=CC=CC1Cc1ccccc1. The fourth-order valence-corrected chi connectivity index (χ4v) is 3.16. The maximum atomic E-state index is 2.43. The summed E-state index contributed by atoms with van der Waals surface area (Å²) < 4.78 is 0. The second-order valence-corrected chi connectivity index (χ2v) is 6.23. The first-order valence-electron chi connectivity index (χ1n) is 8.28. The summed E-state index contributed by atoms with van der Waals surface area (Å²) in [7, 11) is 0. The van der Waals surface area contributed by atoms with Crippen molar-refractivity contribution >= 4 is 0 Å². The van der Waals surface area contributed by atoms with E-state index in [1.54, 1.807) is 5.57 Å². The third-order valence-electron chi connectivity index (χ3n) is 4.66. The van der Waals surface area contributed by atoms with Gasteiger partial charge in [0.25, 0.3) is 0 Å². The van der Waals surface area contributed by atoms with E-state index in [0.717, 1.165) is 6.42 Å². The molecule has 0 fully saturated rings. The summed E-state index contributed by atoms with van der Waals surface area (Å²) in [5.41, 5.74) is 2.98. The maximum Gasteiger partial charge on any atom is -0.0101 e. The van der Waals surface area contributed by atoms with Crippen molar-refractivity contribution in [3.8, 4) is 0 Å². The molecule has 0 saturated carbocycles. The van der Waals surface area contributed by atoms with Crippen LogP contribution in [0.4, 0.5) is 0 Å². The molecule has 0 bridgehead atoms. The largest absolute Gasteiger partial charge is 0.0853 e. The quantitative estimate of drug-likeness (QED) is 0.563. The van der Waals surface area contributed by atoms with Gasteiger partial charge in [-0.15, -0.1) is 0 Å². The number of benzene rings is 1. The Bertz CT molecular complexity index is 504. The van der Waals surface area contributed by atoms with Gasteiger partial charge < -0.3 is 0 Å². The second kappa shape index (κ2) is 8.02. The number of unbranched alkanes of at least 4 members (excludes halogenated alkanes) is 1. The van der Waals surface area contributed by atoms with Crippen LogP contribution in [0, 0.1) is 17.8 Å². The summed E-state index contributed by atoms with van der Waals surface area (Å²) in [6.07, 6.45) is 15.2. The van der Waals surface area contributed by atoms with Crippen LogP contribution in [0.5, 0.6) is 0 Å². The van der Waals surface area contributed by atoms with Crippen molar-refractivity contribution in [1.29, 1.82) is 0 Å². The molecule has 0 nitrogen and oxygen atoms in total. The first kappa shape index (κ1) is 15.8. The second-order valence-electron chi connectivity index (χ2n) is 6.23. The van der Waals surface area contributed by atoms with Gasteiger partial charge in [-0.1, -0.05) is 86.6 Å². The molecule has 1 aromatic carbocycles. The van der Waals surface area contributed by atoms with Gasteiger partial charge >= 0.3 is 0 Å². The van der Waals surface area contributed by atoms with E-state index < -0.39 is 0 Å². The Morgan fingerprint density at radius 1 is 1.14 bits per heavy atom. The van der Waals surface area contributed by atoms with E-state index in [2.05, 4.69) is 81.5 Å². The molecule has 0 heteroatoms. The Morgan fingerprint density at radius 3 is 2.57 bits per heavy atom. The minimum atomic E-state index is 0.609. The highest BCUT2D eigenvalue weighted by molar-refractivity contribution is 5.23. The predicted octanol–water partition coefficient (Wildman–Crippen LogP) is 5.97. The predicted molar refractivity (Wildman–Crippen MR) is 93.2 cm³/mol. The van der Waals surface area contributed by atoms with Crippen LogP contribution >= 0.6 is 0 Å². The van der Waals surface area contributed by atoms with Crippen molar-refractivity contribution in [3.63, 3.8) is 0 Å². The first-order valence-corrected chi connectivity index (χ1v) is 8.28. The lowest BCUT2D eigenvalue weighted by molar-refractivity contribution is 0.373. The van der Waals surface area contributed by atoms with Crippen LogP contribution in [-0.4, -0.2) is 0 Å². The highest BCUT2D eigenvalue weighted by Crippen LogP contribution is 2.33. The highest BCUT2D eigenvalue weighted by Gasteiger charge is 2.25. The molecule has 0 aliphatic heterocycles. The third-order valence-corrected chi connectivity index (χ3v) is 4.66. The molecule has 1 aromatic rings. The zero-order valence-electron chi connectivity index (χ0n) is 13.6. The van der Waals surface area contributed by atoms with Gasteiger partial charge in [-0.3, -0.25) is 0 Å². The van der Waals surface area contributed by atoms with Gasteiger partial charge in [0, 0.05) is 0 Å². The topological polar surface area (TPSA) is 0 Å². The Kier molecular flexibility index (Phi) is 6.04. The minimum absolute atomic E-state index is 0.609. The average molecular weight is 280 g/mol. The molecule has 2 rings (SSSR count). The lowest BCUT2D eigenvalue weighted by Gasteiger charge is -2.30. The van der Waals surface area contributed by atoms with Gasteiger partial charge in [0.2, 0.25) is 0 Å². The molecule has 3 atom stereocenters. The molecule has 0 aromatic heterocycles. The number of hydrogen-bond acceptors (Lipinski definition) is 0. The molecule has 0 saturated heterocycles. The molecule has 1 aliphatic carbocycles. The molecule has 3 unspecified atom stereocenters. The summed E-state index contributed by atoms with van der Waals surface area (Å²) in [6.45, 7) is 6.93. The van der Waals surface area contributed by atoms with Crippen LogP contribution in [0.15, 0.2) is 66.3 Å². The van der Waals surface area contributed by atoms with E-state index in [9.17, 15) is 0 Å². The van der Waals surface area contributed by atoms with Crippen molar-refractivity contribution in [3.05, 3.63) is 71.8 Å². The van der Waals surface area contributed by atoms with Crippen molar-refractivity contribution in [2.45, 2.75) is 40.0 Å². The van der Waals surface area contributed by atoms with E-state index >= 15 is 0 Å². The Balaban J connectivity index is 2.09. The van der Waals surface area contributed by atoms with Gasteiger partial charge in [-0.25, -0.2) is 0 Å². The fraction of sp³-hybridized carbons (Fsp3) is 0.429. The zero-order valence-corrected chi connectivity index (χ0v) is 13.6. The molecular formula is C21H28. The average Bonchev–Trinajstić information content (AvgIpc) is 2.53. The lowest BCUT2D eigenvalue weighted by Crippen LogP contribution is -2.23. The maximum absolute atomic E-state index is 2.43. The van der Waals surface area contributed by atoms with Crippen LogP contribution in [-0.2, 0) is 6.42 Å². The molecule has 0 N–H and O–H groups in total. The van der Waals surface area contributed by atoms with Crippen molar-refractivity contribution < 1.29 is 0 Å². The van der Waals surface area contributed by atoms with Crippen molar-refractivity contribution in [2.24, 2.45) is 17.8 Å². The standard InChI is InChI=1S/C21H28/c1-4-5-11-17(2)18(3)21-15-10-9-14-20(21)16-19-12-7-6-8-13-19/h6-15,18,20-21H,4-5,16H2,1-3H3. The van der Waals surface area contributed by atoms with Crippen LogP contribution in [0.2, 0.25) is 0 Å². The van der Waals surface area contributed by atoms with E-state index in [1.807, 2.05) is 0 Å². The molecule has 0 amide bonds. The number of hydrogen-bond donors (Lipinski definition) is 0. The van der Waals surface area contributed by atoms with Crippen molar-refractivity contribution in [2.75, 3.05) is 0 Å². The Hall–Kier alpha value is -1.56. The smallest absolute Gasteiger partial charge is 0.0101 e. The molecule has 21 heavy (non-hydrogen) atoms. The Morgan fingerprint density at radius 2 is 1.86 bits per heavy atom. The van der Waals surface area contributed by atoms with E-state index in [4.69, 9.17) is 0 Å². The highest BCUT2D eigenvalue weighted by atomic mass is 14.3. The monoisotopic (exact) mass is 280 g/mol. The molecule has 1 aliphatic rings. The van der Waals surface area contributed by atoms with Gasteiger partial charge in [-0.2, -0.15) is 0 Å². The van der Waals surface area contributed by atoms with Crippen molar-refractivity contribution in [1.82, 2.24) is 0 Å². The summed E-state index contributed by atoms with van der Waals surface area (Å²) in [5, 5.41) is 0. The first-order chi connectivity index (χ1) is 10.2. The molecule has 0 heterocycles. The molecule has 0 radical (unpaired) electrons. The zero-order chi connectivity index (χ0) is 15.1. The van der Waals surface area contributed by atoms with Crippen LogP contribution < -0.4 is 0 Å². The van der Waals surface area contributed by atoms with Crippen LogP contribution in [0.25, 0.3) is 0 Å². The van der Waals surface area contributed by atoms with Crippen LogP contribution in [0.3, 0.4) is 0 Å². The molecule has 0 spiro atoms. The normalized spacial score (nSPS) is 23.3. The van der Waals surface area contributed by atoms with Gasteiger partial charge in [0.15, 0.2) is 0 Å². The van der Waals surface area contributed by atoms with Gasteiger partial charge in [0.1, 0.15) is 0 Å². The van der Waals surface area contributed by atoms with E-state index in [-0.39, 0.29) is 0 Å². The molecular weight excluding hydrogens is 252 g/mol. The number of allylic oxidation sites excluding steroid dienone is 6. The Labute approximate surface area is 130 Å². The third kappa shape index (κ3) is 4.46. The summed E-state index contributed by atoms with van der Waals surface area (Å²) in [5.74, 6) is 1.84.